The number of methoxy groups -OCH3 is 10. The summed E-state index contributed by atoms with van der Waals surface area (Å²) in [6, 6.07) is 28.9. The molecule has 0 saturated carbocycles. The Balaban J connectivity index is 0.000000181. The molecule has 9 rings (SSSR count). The number of nitrogens with one attached hydrogen (secondary N) is 3. The standard InChI is InChI=1S/C19H19N3O7.C18H16ClN3O6.C18H17N3O6/c1-26-13-7-5-12(6-8-13)21-18(24)20-22(19(21)25)17(23)11-9-14(27-2)16(29-4)15(10-11)28-3;1-26-13-8-10(9-14(27-2)15(13)28-3)16(23)22-18(25)21(17(24)20-22)12-6-4-11(19)5-7-12;1-25-13-9-11(10-14(26-2)15(13)27-3)16(22)21-18(24)20(17(23)19-21)12-7-5-4-6-8-12/h5-10H,1-4H3,(H,20,24);4-9H,1-3H3,(H,20,24);4-10H,1-3H3,(H,19,23). The van der Waals surface area contributed by atoms with E-state index in [0.717, 1.165) is 13.7 Å². The highest BCUT2D eigenvalue weighted by Gasteiger charge is 2.26. The SMILES string of the molecule is COc1cc(C(=O)n2[nH]c(=O)n(-c3ccc(Cl)cc3)c2=O)cc(OC)c1OC.COc1cc(C(=O)n2[nH]c(=O)n(-c3ccccc3)c2=O)cc(OC)c1OC.COc1ccc(-n2c(=O)[nH]n(C(=O)c3cc(OC)c(OC)c(OC)c3)c2=O)cc1. The quantitative estimate of drug-likeness (QED) is 0.124. The van der Waals surface area contributed by atoms with Crippen LogP contribution in [0.5, 0.6) is 57.5 Å². The number of benzene rings is 6. The molecule has 0 fully saturated rings. The number of hydrogen-bond donors (Lipinski definition) is 3. The zero-order valence-corrected chi connectivity index (χ0v) is 47.0. The number of carbonyl (C=O) groups is 3. The maximum atomic E-state index is 12.9. The predicted octanol–water partition coefficient (Wildman–Crippen LogP) is 3.79. The zero-order valence-electron chi connectivity index (χ0n) is 46.3. The molecule has 9 aromatic rings. The number of nitrogens with zero attached hydrogens (tertiary/aromatic N) is 6. The Labute approximate surface area is 478 Å². The summed E-state index contributed by atoms with van der Waals surface area (Å²) in [5.41, 5.74) is -3.68. The van der Waals surface area contributed by atoms with Crippen LogP contribution in [0.1, 0.15) is 31.1 Å². The van der Waals surface area contributed by atoms with Crippen LogP contribution < -0.4 is 81.5 Å². The van der Waals surface area contributed by atoms with E-state index in [1.54, 1.807) is 42.5 Å². The van der Waals surface area contributed by atoms with Crippen LogP contribution in [0.15, 0.2) is 144 Å². The third-order valence-corrected chi connectivity index (χ3v) is 12.4. The van der Waals surface area contributed by atoms with E-state index in [2.05, 4.69) is 15.3 Å². The lowest BCUT2D eigenvalue weighted by Crippen LogP contribution is -2.30. The Morgan fingerprint density at radius 3 is 0.857 bits per heavy atom. The number of rotatable bonds is 16. The van der Waals surface area contributed by atoms with E-state index >= 15 is 0 Å². The number of ether oxygens (including phenoxy) is 10. The van der Waals surface area contributed by atoms with Gasteiger partial charge < -0.3 is 47.4 Å². The van der Waals surface area contributed by atoms with Crippen LogP contribution in [0.25, 0.3) is 17.1 Å². The van der Waals surface area contributed by atoms with Crippen molar-refractivity contribution in [3.63, 3.8) is 0 Å². The molecular weight excluding hydrogens is 1130 g/mol. The van der Waals surface area contributed by atoms with E-state index in [1.807, 2.05) is 0 Å². The van der Waals surface area contributed by atoms with Crippen molar-refractivity contribution in [3.05, 3.63) is 200 Å². The minimum atomic E-state index is -0.855. The molecule has 0 bridgehead atoms. The van der Waals surface area contributed by atoms with Gasteiger partial charge in [-0.1, -0.05) is 29.8 Å². The van der Waals surface area contributed by atoms with Gasteiger partial charge in [0.2, 0.25) is 17.2 Å². The second-order valence-electron chi connectivity index (χ2n) is 16.8. The number of hydrogen-bond acceptors (Lipinski definition) is 19. The van der Waals surface area contributed by atoms with Crippen molar-refractivity contribution in [2.75, 3.05) is 71.1 Å². The fourth-order valence-electron chi connectivity index (χ4n) is 8.14. The van der Waals surface area contributed by atoms with Crippen molar-refractivity contribution in [2.24, 2.45) is 0 Å². The first-order chi connectivity index (χ1) is 40.4. The van der Waals surface area contributed by atoms with Gasteiger partial charge in [0.25, 0.3) is 17.7 Å². The van der Waals surface area contributed by atoms with Gasteiger partial charge in [-0.25, -0.2) is 57.8 Å². The molecule has 0 aliphatic rings. The van der Waals surface area contributed by atoms with E-state index in [0.29, 0.717) is 47.8 Å². The second kappa shape index (κ2) is 26.4. The summed E-state index contributed by atoms with van der Waals surface area (Å²) in [6.45, 7) is 0. The third-order valence-electron chi connectivity index (χ3n) is 12.2. The lowest BCUT2D eigenvalue weighted by molar-refractivity contribution is 0.0931. The number of halogens is 1. The molecule has 29 heteroatoms. The van der Waals surface area contributed by atoms with Crippen LogP contribution in [0.3, 0.4) is 0 Å². The van der Waals surface area contributed by atoms with E-state index in [9.17, 15) is 43.2 Å². The van der Waals surface area contributed by atoms with Gasteiger partial charge >= 0.3 is 34.1 Å². The molecule has 3 aromatic heterocycles. The van der Waals surface area contributed by atoms with Crippen LogP contribution in [0.4, 0.5) is 0 Å². The Bertz CT molecular complexity index is 4180. The van der Waals surface area contributed by atoms with Crippen molar-refractivity contribution in [1.82, 2.24) is 43.0 Å². The van der Waals surface area contributed by atoms with Crippen LogP contribution in [0.2, 0.25) is 5.02 Å². The Morgan fingerprint density at radius 1 is 0.345 bits per heavy atom. The predicted molar refractivity (Wildman–Crippen MR) is 301 cm³/mol. The molecule has 28 nitrogen and oxygen atoms in total. The average molecular weight is 1180 g/mol. The molecule has 0 radical (unpaired) electrons. The summed E-state index contributed by atoms with van der Waals surface area (Å²) in [7, 11) is 14.2. The van der Waals surface area contributed by atoms with Gasteiger partial charge in [-0.15, -0.1) is 0 Å². The molecule has 3 N–H and O–H groups in total. The monoisotopic (exact) mass is 1180 g/mol. The fourth-order valence-corrected chi connectivity index (χ4v) is 8.26. The second-order valence-corrected chi connectivity index (χ2v) is 17.2. The van der Waals surface area contributed by atoms with Crippen molar-refractivity contribution in [3.8, 4) is 74.6 Å². The number of carbonyl (C=O) groups excluding carboxylic acids is 3. The van der Waals surface area contributed by atoms with Crippen molar-refractivity contribution >= 4 is 29.3 Å². The van der Waals surface area contributed by atoms with Crippen LogP contribution in [0, 0.1) is 0 Å². The van der Waals surface area contributed by atoms with Crippen molar-refractivity contribution < 1.29 is 61.8 Å². The molecule has 0 saturated heterocycles. The molecule has 6 aromatic carbocycles. The summed E-state index contributed by atoms with van der Waals surface area (Å²) < 4.78 is 56.4. The summed E-state index contributed by atoms with van der Waals surface area (Å²) >= 11 is 5.83. The summed E-state index contributed by atoms with van der Waals surface area (Å²) in [5.74, 6) is 0.612. The normalized spacial score (nSPS) is 10.5. The summed E-state index contributed by atoms with van der Waals surface area (Å²) in [5, 5.41) is 7.21. The Kier molecular flexibility index (Phi) is 19.0. The van der Waals surface area contributed by atoms with Gasteiger partial charge in [-0.05, 0) is 97.1 Å². The van der Waals surface area contributed by atoms with Gasteiger partial charge in [0.1, 0.15) is 5.75 Å². The molecule has 0 atom stereocenters. The molecule has 0 aliphatic carbocycles. The van der Waals surface area contributed by atoms with Gasteiger partial charge in [0, 0.05) is 21.7 Å². The molecule has 3 heterocycles. The summed E-state index contributed by atoms with van der Waals surface area (Å²) in [6.07, 6.45) is 0. The number of aromatic nitrogens is 9. The average Bonchev–Trinajstić information content (AvgIpc) is 4.27. The van der Waals surface area contributed by atoms with E-state index < -0.39 is 51.9 Å². The van der Waals surface area contributed by atoms with Gasteiger partial charge in [0.15, 0.2) is 34.5 Å². The van der Waals surface area contributed by atoms with E-state index in [1.165, 1.54) is 144 Å². The smallest absolute Gasteiger partial charge is 0.359 e. The molecule has 438 valence electrons. The maximum absolute atomic E-state index is 12.9. The molecular formula is C55H52ClN9O19. The molecule has 0 aliphatic heterocycles. The molecule has 0 spiro atoms. The zero-order chi connectivity index (χ0) is 61.1. The molecule has 0 amide bonds. The topological polar surface area (TPSA) is 323 Å². The lowest BCUT2D eigenvalue weighted by Gasteiger charge is -2.13. The first-order valence-corrected chi connectivity index (χ1v) is 24.6. The van der Waals surface area contributed by atoms with Gasteiger partial charge in [0.05, 0.1) is 88.2 Å². The largest absolute Gasteiger partial charge is 0.497 e. The maximum Gasteiger partial charge on any atom is 0.359 e. The first-order valence-electron chi connectivity index (χ1n) is 24.2. The Hall–Kier alpha value is -11.2. The van der Waals surface area contributed by atoms with Crippen molar-refractivity contribution in [1.29, 1.82) is 0 Å². The highest BCUT2D eigenvalue weighted by Crippen LogP contribution is 2.40. The minimum absolute atomic E-state index is 0.0566. The van der Waals surface area contributed by atoms with E-state index in [-0.39, 0.29) is 62.6 Å². The van der Waals surface area contributed by atoms with Gasteiger partial charge in [-0.3, -0.25) is 14.4 Å². The molecule has 0 unspecified atom stereocenters. The third kappa shape index (κ3) is 12.1. The van der Waals surface area contributed by atoms with E-state index in [4.69, 9.17) is 59.0 Å². The summed E-state index contributed by atoms with van der Waals surface area (Å²) in [4.78, 5) is 113. The van der Waals surface area contributed by atoms with Crippen LogP contribution in [-0.4, -0.2) is 132 Å². The van der Waals surface area contributed by atoms with Crippen LogP contribution in [-0.2, 0) is 0 Å². The highest BCUT2D eigenvalue weighted by molar-refractivity contribution is 6.30. The number of aromatic amines is 3. The fraction of sp³-hybridized carbons (Fsp3) is 0.182. The Morgan fingerprint density at radius 2 is 0.607 bits per heavy atom. The minimum Gasteiger partial charge on any atom is -0.497 e. The first kappa shape index (κ1) is 60.5. The van der Waals surface area contributed by atoms with Crippen LogP contribution >= 0.6 is 11.6 Å². The number of para-hydroxylation sites is 1. The van der Waals surface area contributed by atoms with Gasteiger partial charge in [-0.2, -0.15) is 14.0 Å². The lowest BCUT2D eigenvalue weighted by atomic mass is 10.1. The number of H-pyrrole nitrogens is 3. The molecule has 84 heavy (non-hydrogen) atoms. The van der Waals surface area contributed by atoms with Crippen molar-refractivity contribution in [2.45, 2.75) is 0 Å². The highest BCUT2D eigenvalue weighted by atomic mass is 35.5.